The number of halogens is 3. The van der Waals surface area contributed by atoms with E-state index >= 15 is 0 Å². The lowest BCUT2D eigenvalue weighted by Crippen LogP contribution is -1.80. The average molecular weight is 263 g/mol. The van der Waals surface area contributed by atoms with Crippen LogP contribution >= 0.6 is 34.8 Å². The number of hydrogen-bond donors (Lipinski definition) is 0. The molecule has 0 aliphatic rings. The van der Waals surface area contributed by atoms with Crippen molar-refractivity contribution < 1.29 is 4.42 Å². The van der Waals surface area contributed by atoms with Crippen molar-refractivity contribution >= 4 is 34.8 Å². The summed E-state index contributed by atoms with van der Waals surface area (Å²) in [7, 11) is 0. The van der Waals surface area contributed by atoms with E-state index in [0.29, 0.717) is 27.5 Å². The van der Waals surface area contributed by atoms with Gasteiger partial charge in [0.05, 0.1) is 21.6 Å². The van der Waals surface area contributed by atoms with Gasteiger partial charge < -0.3 is 4.42 Å². The quantitative estimate of drug-likeness (QED) is 0.750. The Hall–Kier alpha value is -0.700. The van der Waals surface area contributed by atoms with Gasteiger partial charge in [-0.05, 0) is 18.2 Å². The van der Waals surface area contributed by atoms with Crippen molar-refractivity contribution in [3.8, 4) is 11.5 Å². The van der Waals surface area contributed by atoms with Gasteiger partial charge in [-0.15, -0.1) is 11.6 Å². The fourth-order valence-electron chi connectivity index (χ4n) is 1.13. The lowest BCUT2D eigenvalue weighted by Gasteiger charge is -1.97. The van der Waals surface area contributed by atoms with Crippen LogP contribution in [0.25, 0.3) is 11.5 Å². The van der Waals surface area contributed by atoms with Crippen LogP contribution in [0.5, 0.6) is 0 Å². The molecule has 0 atom stereocenters. The van der Waals surface area contributed by atoms with Crippen LogP contribution in [-0.4, -0.2) is 4.98 Å². The zero-order valence-corrected chi connectivity index (χ0v) is 9.77. The molecular weight excluding hydrogens is 256 g/mol. The topological polar surface area (TPSA) is 26.0 Å². The summed E-state index contributed by atoms with van der Waals surface area (Å²) in [4.78, 5) is 4.17. The highest BCUT2D eigenvalue weighted by atomic mass is 35.5. The van der Waals surface area contributed by atoms with E-state index in [1.54, 1.807) is 18.2 Å². The Bertz CT molecular complexity index is 481. The second kappa shape index (κ2) is 4.44. The molecule has 0 aliphatic heterocycles. The molecular formula is C10H6Cl3NO. The molecule has 0 bridgehead atoms. The van der Waals surface area contributed by atoms with Crippen molar-refractivity contribution in [3.63, 3.8) is 0 Å². The van der Waals surface area contributed by atoms with Crippen LogP contribution in [-0.2, 0) is 5.88 Å². The Labute approximate surface area is 102 Å². The summed E-state index contributed by atoms with van der Waals surface area (Å²) in [5.41, 5.74) is 1.47. The molecule has 0 N–H and O–H groups in total. The van der Waals surface area contributed by atoms with Gasteiger partial charge in [0.15, 0.2) is 0 Å². The second-order valence-electron chi connectivity index (χ2n) is 2.91. The average Bonchev–Trinajstić information content (AvgIpc) is 2.70. The fraction of sp³-hybridized carbons (Fsp3) is 0.100. The largest absolute Gasteiger partial charge is 0.444 e. The number of oxazole rings is 1. The summed E-state index contributed by atoms with van der Waals surface area (Å²) in [6.45, 7) is 0. The minimum atomic E-state index is 0.324. The third-order valence-corrected chi connectivity index (χ3v) is 2.87. The van der Waals surface area contributed by atoms with Crippen molar-refractivity contribution in [2.75, 3.05) is 0 Å². The monoisotopic (exact) mass is 261 g/mol. The van der Waals surface area contributed by atoms with Crippen LogP contribution < -0.4 is 0 Å². The van der Waals surface area contributed by atoms with Crippen molar-refractivity contribution in [3.05, 3.63) is 40.2 Å². The summed E-state index contributed by atoms with van der Waals surface area (Å²) < 4.78 is 5.24. The first kappa shape index (κ1) is 10.8. The molecule has 2 nitrogen and oxygen atoms in total. The lowest BCUT2D eigenvalue weighted by atomic mass is 10.2. The highest BCUT2D eigenvalue weighted by Gasteiger charge is 2.07. The number of hydrogen-bond acceptors (Lipinski definition) is 2. The third kappa shape index (κ3) is 2.28. The van der Waals surface area contributed by atoms with E-state index < -0.39 is 0 Å². The molecule has 0 radical (unpaired) electrons. The first-order chi connectivity index (χ1) is 7.20. The maximum Gasteiger partial charge on any atom is 0.226 e. The highest BCUT2D eigenvalue weighted by molar-refractivity contribution is 6.42. The first-order valence-electron chi connectivity index (χ1n) is 4.16. The Morgan fingerprint density at radius 2 is 2.00 bits per heavy atom. The minimum absolute atomic E-state index is 0.324. The van der Waals surface area contributed by atoms with Crippen molar-refractivity contribution in [1.29, 1.82) is 0 Å². The van der Waals surface area contributed by atoms with E-state index in [1.165, 1.54) is 6.26 Å². The van der Waals surface area contributed by atoms with Gasteiger partial charge in [-0.2, -0.15) is 0 Å². The van der Waals surface area contributed by atoms with E-state index in [4.69, 9.17) is 39.2 Å². The number of aromatic nitrogens is 1. The molecule has 5 heteroatoms. The molecule has 1 heterocycles. The summed E-state index contributed by atoms with van der Waals surface area (Å²) in [5.74, 6) is 0.814. The molecule has 0 fully saturated rings. The second-order valence-corrected chi connectivity index (χ2v) is 3.99. The van der Waals surface area contributed by atoms with E-state index in [2.05, 4.69) is 4.98 Å². The molecule has 0 saturated carbocycles. The van der Waals surface area contributed by atoms with Gasteiger partial charge in [0.2, 0.25) is 5.89 Å². The van der Waals surface area contributed by atoms with Gasteiger partial charge in [-0.25, -0.2) is 4.98 Å². The molecule has 0 saturated heterocycles. The number of nitrogens with zero attached hydrogens (tertiary/aromatic N) is 1. The smallest absolute Gasteiger partial charge is 0.226 e. The molecule has 0 spiro atoms. The number of alkyl halides is 1. The van der Waals surface area contributed by atoms with E-state index in [-0.39, 0.29) is 0 Å². The molecule has 0 aliphatic carbocycles. The van der Waals surface area contributed by atoms with Crippen molar-refractivity contribution in [1.82, 2.24) is 4.98 Å². The molecule has 1 aromatic carbocycles. The van der Waals surface area contributed by atoms with Gasteiger partial charge in [0.25, 0.3) is 0 Å². The molecule has 1 aromatic heterocycles. The standard InChI is InChI=1S/C10H6Cl3NO/c11-4-7-5-15-10(14-7)6-1-2-8(12)9(13)3-6/h1-3,5H,4H2. The van der Waals surface area contributed by atoms with Gasteiger partial charge in [0.1, 0.15) is 6.26 Å². The minimum Gasteiger partial charge on any atom is -0.444 e. The Morgan fingerprint density at radius 3 is 2.60 bits per heavy atom. The summed E-state index contributed by atoms with van der Waals surface area (Å²) >= 11 is 17.3. The van der Waals surface area contributed by atoms with Gasteiger partial charge in [-0.1, -0.05) is 23.2 Å². The molecule has 2 rings (SSSR count). The SMILES string of the molecule is ClCc1coc(-c2ccc(Cl)c(Cl)c2)n1. The molecule has 2 aromatic rings. The van der Waals surface area contributed by atoms with Crippen LogP contribution in [0.4, 0.5) is 0 Å². The Balaban J connectivity index is 2.40. The van der Waals surface area contributed by atoms with Crippen molar-refractivity contribution in [2.24, 2.45) is 0 Å². The Morgan fingerprint density at radius 1 is 1.20 bits per heavy atom. The molecule has 0 amide bonds. The van der Waals surface area contributed by atoms with Gasteiger partial charge in [-0.3, -0.25) is 0 Å². The van der Waals surface area contributed by atoms with Crippen LogP contribution in [0.15, 0.2) is 28.9 Å². The highest BCUT2D eigenvalue weighted by Crippen LogP contribution is 2.28. The van der Waals surface area contributed by atoms with E-state index in [1.807, 2.05) is 0 Å². The van der Waals surface area contributed by atoms with E-state index in [9.17, 15) is 0 Å². The molecule has 78 valence electrons. The van der Waals surface area contributed by atoms with Crippen LogP contribution in [0.2, 0.25) is 10.0 Å². The van der Waals surface area contributed by atoms with Crippen LogP contribution in [0.3, 0.4) is 0 Å². The number of benzene rings is 1. The van der Waals surface area contributed by atoms with E-state index in [0.717, 1.165) is 5.56 Å². The van der Waals surface area contributed by atoms with Gasteiger partial charge >= 0.3 is 0 Å². The molecule has 0 unspecified atom stereocenters. The summed E-state index contributed by atoms with van der Waals surface area (Å²) in [6, 6.07) is 5.19. The first-order valence-corrected chi connectivity index (χ1v) is 5.45. The maximum atomic E-state index is 5.88. The summed E-state index contributed by atoms with van der Waals surface area (Å²) in [5, 5.41) is 0.976. The zero-order chi connectivity index (χ0) is 10.8. The normalized spacial score (nSPS) is 10.6. The van der Waals surface area contributed by atoms with Crippen LogP contribution in [0.1, 0.15) is 5.69 Å². The third-order valence-electron chi connectivity index (χ3n) is 1.86. The fourth-order valence-corrected chi connectivity index (χ4v) is 1.55. The van der Waals surface area contributed by atoms with Crippen LogP contribution in [0, 0.1) is 0 Å². The zero-order valence-electron chi connectivity index (χ0n) is 7.51. The van der Waals surface area contributed by atoms with Gasteiger partial charge in [0, 0.05) is 5.56 Å². The summed E-state index contributed by atoms with van der Waals surface area (Å²) in [6.07, 6.45) is 1.52. The lowest BCUT2D eigenvalue weighted by molar-refractivity contribution is 0.573. The predicted octanol–water partition coefficient (Wildman–Crippen LogP) is 4.39. The van der Waals surface area contributed by atoms with Crippen molar-refractivity contribution in [2.45, 2.75) is 5.88 Å². The Kier molecular flexibility index (Phi) is 3.19. The maximum absolute atomic E-state index is 5.88. The molecule has 15 heavy (non-hydrogen) atoms. The number of rotatable bonds is 2. The predicted molar refractivity (Wildman–Crippen MR) is 61.5 cm³/mol.